The lowest BCUT2D eigenvalue weighted by atomic mass is 9.97. The number of thioether (sulfide) groups is 1. The van der Waals surface area contributed by atoms with Crippen molar-refractivity contribution in [1.82, 2.24) is 20.0 Å². The number of halogens is 1. The molecule has 34 heavy (non-hydrogen) atoms. The molecule has 0 saturated carbocycles. The van der Waals surface area contributed by atoms with E-state index in [0.717, 1.165) is 41.6 Å². The van der Waals surface area contributed by atoms with Gasteiger partial charge in [-0.2, -0.15) is 5.10 Å². The highest BCUT2D eigenvalue weighted by Gasteiger charge is 2.23. The second-order valence-corrected chi connectivity index (χ2v) is 10.2. The second-order valence-electron chi connectivity index (χ2n) is 7.77. The summed E-state index contributed by atoms with van der Waals surface area (Å²) < 4.78 is 1.58. The van der Waals surface area contributed by atoms with Gasteiger partial charge in [0.2, 0.25) is 0 Å². The van der Waals surface area contributed by atoms with Crippen LogP contribution in [0.25, 0.3) is 15.9 Å². The minimum Gasteiger partial charge on any atom is -0.272 e. The number of amides is 1. The zero-order valence-corrected chi connectivity index (χ0v) is 20.4. The molecule has 7 nitrogen and oxygen atoms in total. The highest BCUT2D eigenvalue weighted by molar-refractivity contribution is 7.99. The second kappa shape index (κ2) is 10.1. The van der Waals surface area contributed by atoms with E-state index in [1.165, 1.54) is 22.9 Å². The van der Waals surface area contributed by atoms with Crippen LogP contribution in [-0.4, -0.2) is 32.4 Å². The molecular formula is C24H20ClN5O2S2. The molecule has 1 aliphatic carbocycles. The van der Waals surface area contributed by atoms with E-state index in [-0.39, 0.29) is 17.2 Å². The normalized spacial score (nSPS) is 13.3. The van der Waals surface area contributed by atoms with Crippen molar-refractivity contribution in [3.05, 3.63) is 80.2 Å². The van der Waals surface area contributed by atoms with Gasteiger partial charge in [-0.15, -0.1) is 11.3 Å². The number of nitrogens with one attached hydrogen (secondary N) is 1. The fourth-order valence-electron chi connectivity index (χ4n) is 3.89. The van der Waals surface area contributed by atoms with Gasteiger partial charge in [0.25, 0.3) is 11.5 Å². The molecule has 3 aromatic heterocycles. The summed E-state index contributed by atoms with van der Waals surface area (Å²) in [5.74, 6) is -0.242. The van der Waals surface area contributed by atoms with Crippen LogP contribution in [0.3, 0.4) is 0 Å². The van der Waals surface area contributed by atoms with Gasteiger partial charge in [0, 0.05) is 27.9 Å². The SMILES string of the molecule is O=C(CSc1nc2sc3c(c2c(=O)n1-c1ccc(Cl)cc1)CCCC3)NN=Cc1cccnc1. The number of hydrogen-bond acceptors (Lipinski definition) is 7. The Labute approximate surface area is 208 Å². The number of hydrogen-bond donors (Lipinski definition) is 1. The third-order valence-electron chi connectivity index (χ3n) is 5.46. The van der Waals surface area contributed by atoms with Gasteiger partial charge in [-0.3, -0.25) is 19.1 Å². The van der Waals surface area contributed by atoms with Crippen LogP contribution in [0.5, 0.6) is 0 Å². The van der Waals surface area contributed by atoms with Crippen LogP contribution in [0.4, 0.5) is 0 Å². The summed E-state index contributed by atoms with van der Waals surface area (Å²) in [4.78, 5) is 36.9. The minimum atomic E-state index is -0.299. The molecular weight excluding hydrogens is 490 g/mol. The predicted molar refractivity (Wildman–Crippen MR) is 138 cm³/mol. The van der Waals surface area contributed by atoms with Crippen molar-refractivity contribution in [3.63, 3.8) is 0 Å². The Balaban J connectivity index is 1.45. The molecule has 1 N–H and O–H groups in total. The highest BCUT2D eigenvalue weighted by Crippen LogP contribution is 2.35. The summed E-state index contributed by atoms with van der Waals surface area (Å²) in [6.07, 6.45) is 8.94. The van der Waals surface area contributed by atoms with Gasteiger partial charge >= 0.3 is 0 Å². The molecule has 0 bridgehead atoms. The first-order valence-electron chi connectivity index (χ1n) is 10.8. The van der Waals surface area contributed by atoms with Gasteiger partial charge in [-0.1, -0.05) is 29.4 Å². The molecule has 172 valence electrons. The van der Waals surface area contributed by atoms with Crippen LogP contribution in [0.1, 0.15) is 28.8 Å². The standard InChI is InChI=1S/C24H20ClN5O2S2/c25-16-7-9-17(10-8-16)30-23(32)21-18-5-1-2-6-19(18)34-22(21)28-24(30)33-14-20(31)29-27-13-15-4-3-11-26-12-15/h3-4,7-13H,1-2,5-6,14H2,(H,29,31). The summed E-state index contributed by atoms with van der Waals surface area (Å²) in [6, 6.07) is 10.7. The third kappa shape index (κ3) is 4.77. The Bertz CT molecular complexity index is 1430. The van der Waals surface area contributed by atoms with E-state index < -0.39 is 0 Å². The van der Waals surface area contributed by atoms with Crippen molar-refractivity contribution in [2.45, 2.75) is 30.8 Å². The fraction of sp³-hybridized carbons (Fsp3) is 0.208. The van der Waals surface area contributed by atoms with Crippen molar-refractivity contribution < 1.29 is 4.79 Å². The third-order valence-corrected chi connectivity index (χ3v) is 7.84. The molecule has 5 rings (SSSR count). The van der Waals surface area contributed by atoms with Gasteiger partial charge in [-0.25, -0.2) is 10.4 Å². The summed E-state index contributed by atoms with van der Waals surface area (Å²) in [7, 11) is 0. The lowest BCUT2D eigenvalue weighted by Crippen LogP contribution is -2.24. The van der Waals surface area contributed by atoms with E-state index in [4.69, 9.17) is 16.6 Å². The van der Waals surface area contributed by atoms with Crippen molar-refractivity contribution in [2.24, 2.45) is 5.10 Å². The Hall–Kier alpha value is -3.01. The molecule has 10 heteroatoms. The van der Waals surface area contributed by atoms with E-state index in [0.29, 0.717) is 21.3 Å². The zero-order valence-electron chi connectivity index (χ0n) is 18.0. The quantitative estimate of drug-likeness (QED) is 0.177. The summed E-state index contributed by atoms with van der Waals surface area (Å²) in [6.45, 7) is 0. The number of thiophene rings is 1. The summed E-state index contributed by atoms with van der Waals surface area (Å²) in [5.41, 5.74) is 4.98. The monoisotopic (exact) mass is 509 g/mol. The van der Waals surface area contributed by atoms with E-state index in [1.807, 2.05) is 6.07 Å². The first-order valence-corrected chi connectivity index (χ1v) is 13.0. The lowest BCUT2D eigenvalue weighted by molar-refractivity contribution is -0.118. The van der Waals surface area contributed by atoms with Crippen molar-refractivity contribution >= 4 is 57.0 Å². The number of carbonyl (C=O) groups excluding carboxylic acids is 1. The number of rotatable bonds is 6. The van der Waals surface area contributed by atoms with Crippen LogP contribution in [0, 0.1) is 0 Å². The Kier molecular flexibility index (Phi) is 6.75. The molecule has 0 aliphatic heterocycles. The maximum absolute atomic E-state index is 13.7. The smallest absolute Gasteiger partial charge is 0.267 e. The minimum absolute atomic E-state index is 0.0566. The first-order chi connectivity index (χ1) is 16.6. The van der Waals surface area contributed by atoms with Gasteiger partial charge in [0.05, 0.1) is 23.0 Å². The highest BCUT2D eigenvalue weighted by atomic mass is 35.5. The summed E-state index contributed by atoms with van der Waals surface area (Å²) >= 11 is 8.86. The molecule has 0 spiro atoms. The van der Waals surface area contributed by atoms with Gasteiger partial charge in [0.15, 0.2) is 5.16 Å². The average molecular weight is 510 g/mol. The predicted octanol–water partition coefficient (Wildman–Crippen LogP) is 4.62. The molecule has 0 fully saturated rings. The molecule has 0 atom stereocenters. The average Bonchev–Trinajstić information content (AvgIpc) is 3.23. The first kappa shape index (κ1) is 22.8. The number of aryl methyl sites for hydroxylation is 2. The Morgan fingerprint density at radius 2 is 2.06 bits per heavy atom. The number of benzene rings is 1. The van der Waals surface area contributed by atoms with Crippen molar-refractivity contribution in [3.8, 4) is 5.69 Å². The van der Waals surface area contributed by atoms with E-state index >= 15 is 0 Å². The maximum Gasteiger partial charge on any atom is 0.267 e. The molecule has 0 radical (unpaired) electrons. The van der Waals surface area contributed by atoms with Gasteiger partial charge in [-0.05, 0) is 61.6 Å². The van der Waals surface area contributed by atoms with Crippen LogP contribution in [0.15, 0.2) is 63.8 Å². The molecule has 1 aromatic carbocycles. The van der Waals surface area contributed by atoms with Crippen molar-refractivity contribution in [1.29, 1.82) is 0 Å². The number of hydrazone groups is 1. The zero-order chi connectivity index (χ0) is 23.5. The molecule has 1 amide bonds. The van der Waals surface area contributed by atoms with Crippen molar-refractivity contribution in [2.75, 3.05) is 5.75 Å². The van der Waals surface area contributed by atoms with Crippen LogP contribution in [0.2, 0.25) is 5.02 Å². The van der Waals surface area contributed by atoms with Crippen LogP contribution < -0.4 is 11.0 Å². The maximum atomic E-state index is 13.7. The largest absolute Gasteiger partial charge is 0.272 e. The molecule has 0 saturated heterocycles. The molecule has 3 heterocycles. The Morgan fingerprint density at radius 1 is 1.24 bits per heavy atom. The number of nitrogens with zero attached hydrogens (tertiary/aromatic N) is 4. The Morgan fingerprint density at radius 3 is 2.85 bits per heavy atom. The van der Waals surface area contributed by atoms with E-state index in [9.17, 15) is 9.59 Å². The van der Waals surface area contributed by atoms with Gasteiger partial charge < -0.3 is 0 Å². The number of pyridine rings is 1. The molecule has 0 unspecified atom stereocenters. The van der Waals surface area contributed by atoms with E-state index in [1.54, 1.807) is 58.6 Å². The van der Waals surface area contributed by atoms with Crippen LogP contribution >= 0.6 is 34.7 Å². The van der Waals surface area contributed by atoms with E-state index in [2.05, 4.69) is 15.5 Å². The topological polar surface area (TPSA) is 89.2 Å². The number of aromatic nitrogens is 3. The summed E-state index contributed by atoms with van der Waals surface area (Å²) in [5, 5.41) is 5.72. The fourth-order valence-corrected chi connectivity index (χ4v) is 6.13. The number of carbonyl (C=O) groups is 1. The van der Waals surface area contributed by atoms with Crippen LogP contribution in [-0.2, 0) is 17.6 Å². The molecule has 4 aromatic rings. The number of fused-ring (bicyclic) bond motifs is 3. The van der Waals surface area contributed by atoms with Gasteiger partial charge in [0.1, 0.15) is 4.83 Å². The lowest BCUT2D eigenvalue weighted by Gasteiger charge is -2.13. The molecule has 1 aliphatic rings.